The van der Waals surface area contributed by atoms with Crippen molar-refractivity contribution in [3.8, 4) is 0 Å². The van der Waals surface area contributed by atoms with Crippen LogP contribution < -0.4 is 0 Å². The van der Waals surface area contributed by atoms with Gasteiger partial charge in [0.1, 0.15) is 0 Å². The van der Waals surface area contributed by atoms with Gasteiger partial charge in [-0.3, -0.25) is 0 Å². The Bertz CT molecular complexity index is 8.00. The van der Waals surface area contributed by atoms with Gasteiger partial charge in [-0.25, -0.2) is 0 Å². The minimum Gasteiger partial charge on any atom is 0 e. The first kappa shape index (κ1) is 30.7. The van der Waals surface area contributed by atoms with E-state index in [2.05, 4.69) is 0 Å². The van der Waals surface area contributed by atoms with Gasteiger partial charge >= 0.3 is 0 Å². The SMILES string of the molecule is [Fe].[Mg].[Ti].[V]. The molecular weight excluding hydrogens is 179 g/mol. The first-order valence-corrected chi connectivity index (χ1v) is 0. The van der Waals surface area contributed by atoms with E-state index in [9.17, 15) is 0 Å². The summed E-state index contributed by atoms with van der Waals surface area (Å²) in [5.41, 5.74) is 0. The summed E-state index contributed by atoms with van der Waals surface area (Å²) in [6, 6.07) is 0. The minimum absolute atomic E-state index is 0. The number of hydrogen-bond donors (Lipinski definition) is 0. The third-order valence-electron chi connectivity index (χ3n) is 0. The summed E-state index contributed by atoms with van der Waals surface area (Å²) in [6.07, 6.45) is 0. The molecule has 3 radical (unpaired) electrons. The molecule has 4 heteroatoms. The molecule has 0 aliphatic carbocycles. The van der Waals surface area contributed by atoms with Crippen molar-refractivity contribution in [3.63, 3.8) is 0 Å². The van der Waals surface area contributed by atoms with Crippen LogP contribution in [0.15, 0.2) is 0 Å². The minimum atomic E-state index is 0. The first-order chi connectivity index (χ1) is 0. The summed E-state index contributed by atoms with van der Waals surface area (Å²) in [5.74, 6) is 0. The predicted octanol–water partition coefficient (Wildman–Crippen LogP) is -0.388. The molecule has 0 bridgehead atoms. The van der Waals surface area contributed by atoms with Gasteiger partial charge in [0.05, 0.1) is 0 Å². The zero-order chi connectivity index (χ0) is 0. The van der Waals surface area contributed by atoms with E-state index in [1.807, 2.05) is 0 Å². The summed E-state index contributed by atoms with van der Waals surface area (Å²) >= 11 is 0. The van der Waals surface area contributed by atoms with Crippen molar-refractivity contribution >= 4 is 23.1 Å². The summed E-state index contributed by atoms with van der Waals surface area (Å²) in [5, 5.41) is 0. The van der Waals surface area contributed by atoms with Gasteiger partial charge in [0, 0.05) is 80.4 Å². The topological polar surface area (TPSA) is 0 Å². The molecule has 0 fully saturated rings. The van der Waals surface area contributed by atoms with Crippen LogP contribution in [0.4, 0.5) is 0 Å². The smallest absolute Gasteiger partial charge is 0 e. The predicted molar refractivity (Wildman–Crippen MR) is 5.75 cm³/mol. The van der Waals surface area contributed by atoms with Crippen molar-refractivity contribution in [1.82, 2.24) is 0 Å². The van der Waals surface area contributed by atoms with Crippen LogP contribution in [-0.4, -0.2) is 23.1 Å². The van der Waals surface area contributed by atoms with Crippen LogP contribution in [0.3, 0.4) is 0 Å². The molecule has 0 aromatic rings. The van der Waals surface area contributed by atoms with E-state index in [4.69, 9.17) is 0 Å². The van der Waals surface area contributed by atoms with Crippen LogP contribution in [0.2, 0.25) is 0 Å². The number of rotatable bonds is 0. The van der Waals surface area contributed by atoms with Gasteiger partial charge in [0.2, 0.25) is 0 Å². The van der Waals surface area contributed by atoms with Crippen molar-refractivity contribution in [2.45, 2.75) is 0 Å². The zero-order valence-corrected chi connectivity index (χ0v) is 7.48. The maximum Gasteiger partial charge on any atom is 0 e. The van der Waals surface area contributed by atoms with Crippen molar-refractivity contribution < 1.29 is 57.3 Å². The summed E-state index contributed by atoms with van der Waals surface area (Å²) < 4.78 is 0. The molecule has 0 aliphatic rings. The van der Waals surface area contributed by atoms with Crippen LogP contribution in [0.25, 0.3) is 0 Å². The molecule has 0 rings (SSSR count). The van der Waals surface area contributed by atoms with Crippen LogP contribution in [0.1, 0.15) is 0 Å². The molecule has 0 aromatic heterocycles. The molecule has 0 N–H and O–H groups in total. The largest absolute Gasteiger partial charge is 0 e. The average molecular weight is 179 g/mol. The van der Waals surface area contributed by atoms with E-state index in [1.54, 1.807) is 0 Å². The Balaban J connectivity index is 0. The van der Waals surface area contributed by atoms with Crippen molar-refractivity contribution in [1.29, 1.82) is 0 Å². The van der Waals surface area contributed by atoms with Gasteiger partial charge in [0.25, 0.3) is 0 Å². The van der Waals surface area contributed by atoms with Gasteiger partial charge in [0.15, 0.2) is 0 Å². The molecule has 19 valence electrons. The molecule has 0 saturated carbocycles. The van der Waals surface area contributed by atoms with E-state index in [1.165, 1.54) is 0 Å². The Morgan fingerprint density at radius 2 is 1.00 bits per heavy atom. The van der Waals surface area contributed by atoms with E-state index in [0.717, 1.165) is 0 Å². The fourth-order valence-corrected chi connectivity index (χ4v) is 0. The third kappa shape index (κ3) is 8.82. The van der Waals surface area contributed by atoms with Gasteiger partial charge < -0.3 is 0 Å². The molecule has 0 amide bonds. The van der Waals surface area contributed by atoms with Crippen LogP contribution >= 0.6 is 0 Å². The zero-order valence-electron chi connectivity index (χ0n) is 2.01. The van der Waals surface area contributed by atoms with Gasteiger partial charge in [-0.15, -0.1) is 0 Å². The molecule has 0 atom stereocenters. The third-order valence-corrected chi connectivity index (χ3v) is 0. The Morgan fingerprint density at radius 3 is 1.00 bits per heavy atom. The van der Waals surface area contributed by atoms with E-state index in [-0.39, 0.29) is 80.4 Å². The molecule has 0 heterocycles. The van der Waals surface area contributed by atoms with Crippen molar-refractivity contribution in [3.05, 3.63) is 0 Å². The maximum atomic E-state index is 0. The van der Waals surface area contributed by atoms with Gasteiger partial charge in [-0.2, -0.15) is 0 Å². The monoisotopic (exact) mass is 179 g/mol. The second kappa shape index (κ2) is 17.6. The fourth-order valence-electron chi connectivity index (χ4n) is 0. The second-order valence-electron chi connectivity index (χ2n) is 0. The maximum absolute atomic E-state index is 0. The first-order valence-electron chi connectivity index (χ1n) is 0. The molecular formula is FeMgTiV. The van der Waals surface area contributed by atoms with Crippen molar-refractivity contribution in [2.24, 2.45) is 0 Å². The van der Waals surface area contributed by atoms with Crippen LogP contribution in [0.5, 0.6) is 0 Å². The van der Waals surface area contributed by atoms with E-state index >= 15 is 0 Å². The van der Waals surface area contributed by atoms with Crippen molar-refractivity contribution in [2.75, 3.05) is 0 Å². The molecule has 4 heavy (non-hydrogen) atoms. The normalized spacial score (nSPS) is 0. The quantitative estimate of drug-likeness (QED) is 0.444. The second-order valence-corrected chi connectivity index (χ2v) is 0. The molecule has 0 spiro atoms. The average Bonchev–Trinajstić information content (AvgIpc) is 0. The van der Waals surface area contributed by atoms with Crippen LogP contribution in [0, 0.1) is 0 Å². The fraction of sp³-hybridized carbons (Fsp3) is 0. The van der Waals surface area contributed by atoms with Gasteiger partial charge in [-0.05, 0) is 0 Å². The molecule has 0 unspecified atom stereocenters. The number of hydrogen-bond acceptors (Lipinski definition) is 0. The Labute approximate surface area is 79.2 Å². The molecule has 0 aromatic carbocycles. The standard InChI is InChI=1S/Fe.Mg.Ti.V. The van der Waals surface area contributed by atoms with E-state index in [0.29, 0.717) is 0 Å². The molecule has 0 saturated heterocycles. The molecule has 0 aliphatic heterocycles. The molecule has 0 nitrogen and oxygen atoms in total. The summed E-state index contributed by atoms with van der Waals surface area (Å²) in [4.78, 5) is 0. The van der Waals surface area contributed by atoms with Crippen LogP contribution in [-0.2, 0) is 57.3 Å². The Morgan fingerprint density at radius 1 is 1.00 bits per heavy atom. The summed E-state index contributed by atoms with van der Waals surface area (Å²) in [6.45, 7) is 0. The Kier molecular flexibility index (Phi) is 135. The van der Waals surface area contributed by atoms with Gasteiger partial charge in [-0.1, -0.05) is 0 Å². The van der Waals surface area contributed by atoms with E-state index < -0.39 is 0 Å². The Hall–Kier alpha value is 2.58. The summed E-state index contributed by atoms with van der Waals surface area (Å²) in [7, 11) is 0.